The fraction of sp³-hybridized carbons (Fsp3) is 0. The lowest BCUT2D eigenvalue weighted by Crippen LogP contribution is -2.02. The monoisotopic (exact) mass is 206 g/mol. The summed E-state index contributed by atoms with van der Waals surface area (Å²) in [4.78, 5) is 17.8. The summed E-state index contributed by atoms with van der Waals surface area (Å²) in [7, 11) is 0. The number of carbonyl (C=O) groups is 1. The largest absolute Gasteiger partial charge is 0.507 e. The van der Waals surface area contributed by atoms with Crippen molar-refractivity contribution in [1.82, 2.24) is 9.97 Å². The Bertz CT molecular complexity index is 553. The van der Waals surface area contributed by atoms with Gasteiger partial charge in [0, 0.05) is 0 Å². The fourth-order valence-electron chi connectivity index (χ4n) is 1.31. The highest BCUT2D eigenvalue weighted by Gasteiger charge is 2.16. The summed E-state index contributed by atoms with van der Waals surface area (Å²) in [6.07, 6.45) is 0. The second kappa shape index (κ2) is 3.09. The summed E-state index contributed by atoms with van der Waals surface area (Å²) in [6, 6.07) is 3.67. The number of aromatic carboxylic acids is 1. The molecule has 0 saturated heterocycles. The van der Waals surface area contributed by atoms with E-state index in [4.69, 9.17) is 10.2 Å². The van der Waals surface area contributed by atoms with Crippen molar-refractivity contribution in [2.45, 2.75) is 0 Å². The van der Waals surface area contributed by atoms with Crippen molar-refractivity contribution < 1.29 is 20.1 Å². The maximum Gasteiger partial charge on any atom is 0.355 e. The van der Waals surface area contributed by atoms with E-state index >= 15 is 0 Å². The lowest BCUT2D eigenvalue weighted by atomic mass is 10.1. The summed E-state index contributed by atoms with van der Waals surface area (Å²) in [5.74, 6) is -1.57. The van der Waals surface area contributed by atoms with Gasteiger partial charge in [-0.3, -0.25) is 0 Å². The summed E-state index contributed by atoms with van der Waals surface area (Å²) in [5.41, 5.74) is -0.240. The number of phenolic OH excluding ortho intramolecular Hbond substituents is 1. The van der Waals surface area contributed by atoms with E-state index in [0.717, 1.165) is 0 Å². The zero-order chi connectivity index (χ0) is 11.0. The average molecular weight is 206 g/mol. The topological polar surface area (TPSA) is 104 Å². The molecule has 15 heavy (non-hydrogen) atoms. The summed E-state index contributed by atoms with van der Waals surface area (Å²) in [6.45, 7) is 0. The first-order valence-corrected chi connectivity index (χ1v) is 4.01. The third-order valence-electron chi connectivity index (χ3n) is 1.89. The molecule has 0 bridgehead atoms. The molecule has 0 fully saturated rings. The first kappa shape index (κ1) is 9.20. The van der Waals surface area contributed by atoms with Gasteiger partial charge in [0.1, 0.15) is 5.75 Å². The van der Waals surface area contributed by atoms with Gasteiger partial charge in [-0.25, -0.2) is 4.79 Å². The van der Waals surface area contributed by atoms with E-state index in [1.54, 1.807) is 0 Å². The molecular formula is C9H6N2O4. The van der Waals surface area contributed by atoms with Gasteiger partial charge in [0.15, 0.2) is 5.69 Å². The highest BCUT2D eigenvalue weighted by Crippen LogP contribution is 2.26. The van der Waals surface area contributed by atoms with Crippen LogP contribution in [0, 0.1) is 0 Å². The zero-order valence-corrected chi connectivity index (χ0v) is 7.38. The van der Waals surface area contributed by atoms with E-state index in [2.05, 4.69) is 9.97 Å². The number of phenols is 1. The molecule has 0 atom stereocenters. The second-order valence-corrected chi connectivity index (χ2v) is 2.85. The van der Waals surface area contributed by atoms with Crippen LogP contribution in [0.3, 0.4) is 0 Å². The number of carboxylic acid groups (broad SMARTS) is 1. The second-order valence-electron chi connectivity index (χ2n) is 2.85. The molecule has 0 unspecified atom stereocenters. The number of rotatable bonds is 1. The van der Waals surface area contributed by atoms with E-state index in [-0.39, 0.29) is 16.7 Å². The van der Waals surface area contributed by atoms with Crippen LogP contribution in [0.2, 0.25) is 0 Å². The average Bonchev–Trinajstić information content (AvgIpc) is 2.16. The molecule has 3 N–H and O–H groups in total. The molecule has 6 heteroatoms. The van der Waals surface area contributed by atoms with Gasteiger partial charge in [-0.2, -0.15) is 9.97 Å². The number of aromatic hydroxyl groups is 2. The van der Waals surface area contributed by atoms with Gasteiger partial charge in [-0.1, -0.05) is 6.07 Å². The lowest BCUT2D eigenvalue weighted by molar-refractivity contribution is 0.0691. The Morgan fingerprint density at radius 2 is 1.93 bits per heavy atom. The molecule has 0 aliphatic heterocycles. The van der Waals surface area contributed by atoms with Crippen LogP contribution >= 0.6 is 0 Å². The van der Waals surface area contributed by atoms with Gasteiger partial charge < -0.3 is 15.3 Å². The highest BCUT2D eigenvalue weighted by atomic mass is 16.4. The molecular weight excluding hydrogens is 200 g/mol. The number of nitrogens with zero attached hydrogens (tertiary/aromatic N) is 2. The third-order valence-corrected chi connectivity index (χ3v) is 1.89. The highest BCUT2D eigenvalue weighted by molar-refractivity contribution is 6.03. The molecule has 0 saturated carbocycles. The number of benzene rings is 1. The van der Waals surface area contributed by atoms with Crippen molar-refractivity contribution >= 4 is 16.9 Å². The van der Waals surface area contributed by atoms with Crippen LogP contribution in [0.1, 0.15) is 10.5 Å². The van der Waals surface area contributed by atoms with Crippen LogP contribution in [0.4, 0.5) is 0 Å². The Labute approximate surface area is 83.5 Å². The van der Waals surface area contributed by atoms with Crippen molar-refractivity contribution in [3.05, 3.63) is 23.9 Å². The predicted molar refractivity (Wildman–Crippen MR) is 49.8 cm³/mol. The van der Waals surface area contributed by atoms with Gasteiger partial charge in [-0.05, 0) is 12.1 Å². The van der Waals surface area contributed by atoms with Crippen molar-refractivity contribution in [2.75, 3.05) is 0 Å². The normalized spacial score (nSPS) is 10.4. The molecule has 0 radical (unpaired) electrons. The molecule has 1 aromatic carbocycles. The van der Waals surface area contributed by atoms with Crippen molar-refractivity contribution in [3.63, 3.8) is 0 Å². The van der Waals surface area contributed by atoms with E-state index in [0.29, 0.717) is 0 Å². The van der Waals surface area contributed by atoms with Crippen LogP contribution in [-0.2, 0) is 0 Å². The van der Waals surface area contributed by atoms with Crippen molar-refractivity contribution in [3.8, 4) is 11.8 Å². The minimum absolute atomic E-state index is 0.0165. The first-order valence-electron chi connectivity index (χ1n) is 4.01. The van der Waals surface area contributed by atoms with Gasteiger partial charge in [0.05, 0.1) is 10.9 Å². The fourth-order valence-corrected chi connectivity index (χ4v) is 1.31. The van der Waals surface area contributed by atoms with E-state index in [1.165, 1.54) is 18.2 Å². The number of carboxylic acids is 1. The quantitative estimate of drug-likeness (QED) is 0.635. The Morgan fingerprint density at radius 3 is 2.60 bits per heavy atom. The smallest absolute Gasteiger partial charge is 0.355 e. The molecule has 0 spiro atoms. The number of hydrogen-bond donors (Lipinski definition) is 3. The first-order chi connectivity index (χ1) is 7.09. The van der Waals surface area contributed by atoms with Crippen molar-refractivity contribution in [2.24, 2.45) is 0 Å². The van der Waals surface area contributed by atoms with Crippen molar-refractivity contribution in [1.29, 1.82) is 0 Å². The molecule has 0 amide bonds. The van der Waals surface area contributed by atoms with Gasteiger partial charge in [0.2, 0.25) is 0 Å². The van der Waals surface area contributed by atoms with Gasteiger partial charge in [0.25, 0.3) is 0 Å². The number of aromatic nitrogens is 2. The molecule has 76 valence electrons. The molecule has 2 rings (SSSR count). The Hall–Kier alpha value is -2.37. The minimum atomic E-state index is -1.33. The molecule has 6 nitrogen and oxygen atoms in total. The maximum absolute atomic E-state index is 10.8. The van der Waals surface area contributed by atoms with Crippen LogP contribution in [0.25, 0.3) is 10.9 Å². The lowest BCUT2D eigenvalue weighted by Gasteiger charge is -2.03. The Kier molecular flexibility index (Phi) is 1.89. The SMILES string of the molecule is O=C(O)c1nc(O)nc2cccc(O)c12. The zero-order valence-electron chi connectivity index (χ0n) is 7.38. The summed E-state index contributed by atoms with van der Waals surface area (Å²) in [5, 5.41) is 27.4. The molecule has 1 aromatic heterocycles. The predicted octanol–water partition coefficient (Wildman–Crippen LogP) is 0.739. The molecule has 0 aliphatic carbocycles. The minimum Gasteiger partial charge on any atom is -0.507 e. The standard InChI is InChI=1S/C9H6N2O4/c12-5-3-1-2-4-6(5)7(8(13)14)11-9(15)10-4/h1-3,12H,(H,13,14)(H,10,11,15). The number of hydrogen-bond acceptors (Lipinski definition) is 5. The van der Waals surface area contributed by atoms with E-state index < -0.39 is 17.7 Å². The molecule has 0 aliphatic rings. The van der Waals surface area contributed by atoms with E-state index in [9.17, 15) is 9.90 Å². The Morgan fingerprint density at radius 1 is 1.20 bits per heavy atom. The van der Waals surface area contributed by atoms with Crippen LogP contribution in [0.5, 0.6) is 11.8 Å². The summed E-state index contributed by atoms with van der Waals surface area (Å²) >= 11 is 0. The number of fused-ring (bicyclic) bond motifs is 1. The van der Waals surface area contributed by atoms with Gasteiger partial charge >= 0.3 is 12.0 Å². The Balaban J connectivity index is 2.94. The summed E-state index contributed by atoms with van der Waals surface area (Å²) < 4.78 is 0. The maximum atomic E-state index is 10.8. The van der Waals surface area contributed by atoms with Crippen LogP contribution in [-0.4, -0.2) is 31.3 Å². The molecule has 1 heterocycles. The van der Waals surface area contributed by atoms with Crippen LogP contribution < -0.4 is 0 Å². The van der Waals surface area contributed by atoms with E-state index in [1.807, 2.05) is 0 Å². The van der Waals surface area contributed by atoms with Crippen LogP contribution in [0.15, 0.2) is 18.2 Å². The molecule has 2 aromatic rings. The third kappa shape index (κ3) is 1.41. The van der Waals surface area contributed by atoms with Gasteiger partial charge in [-0.15, -0.1) is 0 Å².